The third-order valence-electron chi connectivity index (χ3n) is 4.39. The van der Waals surface area contributed by atoms with Crippen LogP contribution in [0.2, 0.25) is 0 Å². The average Bonchev–Trinajstić information content (AvgIpc) is 3.17. The largest absolute Gasteiger partial charge is 0.373 e. The summed E-state index contributed by atoms with van der Waals surface area (Å²) in [4.78, 5) is 19.9. The first-order chi connectivity index (χ1) is 10.1. The van der Waals surface area contributed by atoms with Crippen LogP contribution in [0.3, 0.4) is 0 Å². The van der Waals surface area contributed by atoms with Crippen molar-refractivity contribution in [2.45, 2.75) is 25.9 Å². The molecule has 5 nitrogen and oxygen atoms in total. The van der Waals surface area contributed by atoms with Gasteiger partial charge in [-0.25, -0.2) is 0 Å². The molecule has 3 rings (SSSR count). The molecule has 0 aromatic carbocycles. The van der Waals surface area contributed by atoms with Crippen molar-refractivity contribution in [1.29, 1.82) is 0 Å². The molecule has 1 aliphatic carbocycles. The number of likely N-dealkylation sites (N-methyl/N-ethyl adjacent to an activating group) is 1. The molecule has 2 fully saturated rings. The third kappa shape index (κ3) is 3.66. The van der Waals surface area contributed by atoms with E-state index in [-0.39, 0.29) is 12.0 Å². The zero-order valence-electron chi connectivity index (χ0n) is 13.0. The lowest BCUT2D eigenvalue weighted by molar-refractivity contribution is -0.0334. The fourth-order valence-corrected chi connectivity index (χ4v) is 3.03. The van der Waals surface area contributed by atoms with E-state index in [0.717, 1.165) is 30.3 Å². The van der Waals surface area contributed by atoms with E-state index in [2.05, 4.69) is 16.9 Å². The van der Waals surface area contributed by atoms with Crippen LogP contribution >= 0.6 is 0 Å². The van der Waals surface area contributed by atoms with Gasteiger partial charge in [-0.3, -0.25) is 4.79 Å². The van der Waals surface area contributed by atoms with E-state index in [1.54, 1.807) is 0 Å². The number of hydrogen-bond donors (Lipinski definition) is 1. The molecular weight excluding hydrogens is 266 g/mol. The summed E-state index contributed by atoms with van der Waals surface area (Å²) in [6, 6.07) is 1.86. The maximum atomic E-state index is 12.5. The van der Waals surface area contributed by atoms with E-state index in [9.17, 15) is 4.79 Å². The maximum Gasteiger partial charge on any atom is 0.255 e. The SMILES string of the molecule is Cc1[nH]ccc1C(=O)N1CCO[C@H](CN(C)CC2CC2)C1. The number of nitrogens with zero attached hydrogens (tertiary/aromatic N) is 2. The van der Waals surface area contributed by atoms with Crippen LogP contribution in [0.5, 0.6) is 0 Å². The molecule has 1 N–H and O–H groups in total. The number of hydrogen-bond acceptors (Lipinski definition) is 3. The van der Waals surface area contributed by atoms with Gasteiger partial charge in [0.2, 0.25) is 0 Å². The van der Waals surface area contributed by atoms with Crippen LogP contribution in [0.25, 0.3) is 0 Å². The minimum absolute atomic E-state index is 0.117. The number of ether oxygens (including phenoxy) is 1. The van der Waals surface area contributed by atoms with Crippen molar-refractivity contribution in [1.82, 2.24) is 14.8 Å². The van der Waals surface area contributed by atoms with Crippen molar-refractivity contribution in [2.24, 2.45) is 5.92 Å². The van der Waals surface area contributed by atoms with Gasteiger partial charge in [0.15, 0.2) is 0 Å². The van der Waals surface area contributed by atoms with Crippen molar-refractivity contribution in [3.05, 3.63) is 23.5 Å². The Morgan fingerprint density at radius 1 is 1.48 bits per heavy atom. The normalized spacial score (nSPS) is 22.8. The molecule has 1 atom stereocenters. The summed E-state index contributed by atoms with van der Waals surface area (Å²) >= 11 is 0. The molecule has 2 heterocycles. The van der Waals surface area contributed by atoms with Gasteiger partial charge < -0.3 is 19.5 Å². The first-order valence-electron chi connectivity index (χ1n) is 7.87. The smallest absolute Gasteiger partial charge is 0.255 e. The van der Waals surface area contributed by atoms with Gasteiger partial charge in [-0.05, 0) is 38.8 Å². The van der Waals surface area contributed by atoms with Crippen LogP contribution in [-0.4, -0.2) is 66.6 Å². The Bertz CT molecular complexity index is 495. The van der Waals surface area contributed by atoms with Crippen molar-refractivity contribution in [2.75, 3.05) is 39.8 Å². The van der Waals surface area contributed by atoms with Crippen LogP contribution in [0.1, 0.15) is 28.9 Å². The maximum absolute atomic E-state index is 12.5. The number of aryl methyl sites for hydroxylation is 1. The lowest BCUT2D eigenvalue weighted by atomic mass is 10.2. The molecule has 1 aliphatic heterocycles. The predicted octanol–water partition coefficient (Wildman–Crippen LogP) is 1.51. The highest BCUT2D eigenvalue weighted by atomic mass is 16.5. The lowest BCUT2D eigenvalue weighted by Crippen LogP contribution is -2.49. The fraction of sp³-hybridized carbons (Fsp3) is 0.688. The van der Waals surface area contributed by atoms with Gasteiger partial charge >= 0.3 is 0 Å². The summed E-state index contributed by atoms with van der Waals surface area (Å²) in [5.74, 6) is 1.01. The second kappa shape index (κ2) is 6.20. The second-order valence-corrected chi connectivity index (χ2v) is 6.42. The molecule has 116 valence electrons. The van der Waals surface area contributed by atoms with Crippen molar-refractivity contribution in [3.8, 4) is 0 Å². The Kier molecular flexibility index (Phi) is 4.31. The number of rotatable bonds is 5. The Hall–Kier alpha value is -1.33. The molecule has 0 spiro atoms. The molecule has 1 aromatic rings. The molecule has 21 heavy (non-hydrogen) atoms. The summed E-state index contributed by atoms with van der Waals surface area (Å²) in [5, 5.41) is 0. The van der Waals surface area contributed by atoms with E-state index < -0.39 is 0 Å². The van der Waals surface area contributed by atoms with Gasteiger partial charge in [0.25, 0.3) is 5.91 Å². The van der Waals surface area contributed by atoms with Crippen LogP contribution in [-0.2, 0) is 4.74 Å². The van der Waals surface area contributed by atoms with Crippen molar-refractivity contribution in [3.63, 3.8) is 0 Å². The molecular formula is C16H25N3O2. The van der Waals surface area contributed by atoms with Crippen LogP contribution in [0.15, 0.2) is 12.3 Å². The second-order valence-electron chi connectivity index (χ2n) is 6.42. The molecule has 1 saturated heterocycles. The number of nitrogens with one attached hydrogen (secondary N) is 1. The van der Waals surface area contributed by atoms with Gasteiger partial charge in [-0.1, -0.05) is 0 Å². The molecule has 0 unspecified atom stereocenters. The minimum Gasteiger partial charge on any atom is -0.373 e. The standard InChI is InChI=1S/C16H25N3O2/c1-12-15(5-6-17-12)16(20)19-7-8-21-14(11-19)10-18(2)9-13-3-4-13/h5-6,13-14,17H,3-4,7-11H2,1-2H3/t14-/m1/s1. The van der Waals surface area contributed by atoms with E-state index >= 15 is 0 Å². The van der Waals surface area contributed by atoms with Gasteiger partial charge in [-0.2, -0.15) is 0 Å². The molecule has 1 aromatic heterocycles. The van der Waals surface area contributed by atoms with Gasteiger partial charge in [-0.15, -0.1) is 0 Å². The molecule has 5 heteroatoms. The molecule has 1 saturated carbocycles. The van der Waals surface area contributed by atoms with Crippen LogP contribution < -0.4 is 0 Å². The number of carbonyl (C=O) groups is 1. The van der Waals surface area contributed by atoms with Gasteiger partial charge in [0.1, 0.15) is 0 Å². The summed E-state index contributed by atoms with van der Waals surface area (Å²) in [6.07, 6.45) is 4.69. The topological polar surface area (TPSA) is 48.6 Å². The molecule has 0 bridgehead atoms. The highest BCUT2D eigenvalue weighted by molar-refractivity contribution is 5.95. The molecule has 1 amide bonds. The van der Waals surface area contributed by atoms with Crippen LogP contribution in [0.4, 0.5) is 0 Å². The van der Waals surface area contributed by atoms with Crippen molar-refractivity contribution >= 4 is 5.91 Å². The Morgan fingerprint density at radius 3 is 2.95 bits per heavy atom. The summed E-state index contributed by atoms with van der Waals surface area (Å²) < 4.78 is 5.84. The third-order valence-corrected chi connectivity index (χ3v) is 4.39. The number of morpholine rings is 1. The summed E-state index contributed by atoms with van der Waals surface area (Å²) in [7, 11) is 2.15. The average molecular weight is 291 g/mol. The molecule has 2 aliphatic rings. The van der Waals surface area contributed by atoms with Crippen molar-refractivity contribution < 1.29 is 9.53 Å². The van der Waals surface area contributed by atoms with E-state index in [0.29, 0.717) is 19.7 Å². The van der Waals surface area contributed by atoms with Crippen LogP contribution in [0, 0.1) is 12.8 Å². The Morgan fingerprint density at radius 2 is 2.29 bits per heavy atom. The Balaban J connectivity index is 1.55. The number of aromatic amines is 1. The Labute approximate surface area is 126 Å². The summed E-state index contributed by atoms with van der Waals surface area (Å²) in [5.41, 5.74) is 1.72. The first-order valence-corrected chi connectivity index (χ1v) is 7.87. The quantitative estimate of drug-likeness (QED) is 0.894. The summed E-state index contributed by atoms with van der Waals surface area (Å²) in [6.45, 7) is 6.02. The first kappa shape index (κ1) is 14.6. The van der Waals surface area contributed by atoms with Gasteiger partial charge in [0.05, 0.1) is 18.3 Å². The number of carbonyl (C=O) groups excluding carboxylic acids is 1. The van der Waals surface area contributed by atoms with E-state index in [1.165, 1.54) is 12.8 Å². The number of aromatic nitrogens is 1. The number of H-pyrrole nitrogens is 1. The lowest BCUT2D eigenvalue weighted by Gasteiger charge is -2.35. The highest BCUT2D eigenvalue weighted by Crippen LogP contribution is 2.29. The zero-order valence-corrected chi connectivity index (χ0v) is 13.0. The van der Waals surface area contributed by atoms with E-state index in [4.69, 9.17) is 4.74 Å². The van der Waals surface area contributed by atoms with Gasteiger partial charge in [0, 0.05) is 38.1 Å². The minimum atomic E-state index is 0.117. The molecule has 0 radical (unpaired) electrons. The number of amides is 1. The fourth-order valence-electron chi connectivity index (χ4n) is 3.03. The monoisotopic (exact) mass is 291 g/mol. The highest BCUT2D eigenvalue weighted by Gasteiger charge is 2.28. The zero-order chi connectivity index (χ0) is 14.8. The predicted molar refractivity (Wildman–Crippen MR) is 81.4 cm³/mol. The van der Waals surface area contributed by atoms with E-state index in [1.807, 2.05) is 24.1 Å².